The molecule has 0 fully saturated rings. The summed E-state index contributed by atoms with van der Waals surface area (Å²) in [5.74, 6) is 0.141. The Morgan fingerprint density at radius 1 is 1.14 bits per heavy atom. The predicted molar refractivity (Wildman–Crippen MR) is 107 cm³/mol. The van der Waals surface area contributed by atoms with Crippen molar-refractivity contribution in [3.05, 3.63) is 76.9 Å². The lowest BCUT2D eigenvalue weighted by atomic mass is 10.1. The first-order chi connectivity index (χ1) is 13.6. The predicted octanol–water partition coefficient (Wildman–Crippen LogP) is 5.18. The molecule has 0 unspecified atom stereocenters. The lowest BCUT2D eigenvalue weighted by Gasteiger charge is -1.98. The SMILES string of the molecule is N#C/C(=C\c1ccc(-c2ccc(C(=O)O)cc2)o1)Sc1nc2ccccc2[nH]1. The van der Waals surface area contributed by atoms with Crippen LogP contribution in [0.2, 0.25) is 0 Å². The quantitative estimate of drug-likeness (QED) is 0.361. The van der Waals surface area contributed by atoms with Crippen molar-refractivity contribution in [3.63, 3.8) is 0 Å². The standard InChI is InChI=1S/C21H13N3O3S/c22-12-16(28-21-23-17-3-1-2-4-18(17)24-21)11-15-9-10-19(27-15)13-5-7-14(8-6-13)20(25)26/h1-11H,(H,23,24)(H,25,26)/b16-11+. The van der Waals surface area contributed by atoms with Crippen molar-refractivity contribution >= 4 is 34.8 Å². The van der Waals surface area contributed by atoms with Gasteiger partial charge >= 0.3 is 5.97 Å². The molecule has 2 heterocycles. The Morgan fingerprint density at radius 2 is 1.93 bits per heavy atom. The number of aromatic nitrogens is 2. The van der Waals surface area contributed by atoms with Gasteiger partial charge in [-0.15, -0.1) is 0 Å². The molecule has 6 nitrogen and oxygen atoms in total. The molecule has 2 aromatic heterocycles. The van der Waals surface area contributed by atoms with Crippen LogP contribution in [0.15, 0.2) is 75.1 Å². The van der Waals surface area contributed by atoms with Gasteiger partial charge in [0, 0.05) is 11.6 Å². The van der Waals surface area contributed by atoms with Crippen molar-refractivity contribution in [1.29, 1.82) is 5.26 Å². The second-order valence-electron chi connectivity index (χ2n) is 5.87. The molecule has 7 heteroatoms. The summed E-state index contributed by atoms with van der Waals surface area (Å²) in [6.45, 7) is 0. The smallest absolute Gasteiger partial charge is 0.335 e. The Kier molecular flexibility index (Phi) is 4.70. The van der Waals surface area contributed by atoms with Gasteiger partial charge in [-0.2, -0.15) is 5.26 Å². The van der Waals surface area contributed by atoms with E-state index in [0.717, 1.165) is 16.6 Å². The Balaban J connectivity index is 1.55. The van der Waals surface area contributed by atoms with Crippen molar-refractivity contribution in [1.82, 2.24) is 9.97 Å². The number of nitrogens with zero attached hydrogens (tertiary/aromatic N) is 2. The maximum Gasteiger partial charge on any atom is 0.335 e. The van der Waals surface area contributed by atoms with Crippen LogP contribution in [0, 0.1) is 11.3 Å². The number of para-hydroxylation sites is 2. The molecular weight excluding hydrogens is 374 g/mol. The van der Waals surface area contributed by atoms with Crippen LogP contribution in [0.5, 0.6) is 0 Å². The Hall–Kier alpha value is -3.76. The molecule has 0 atom stereocenters. The van der Waals surface area contributed by atoms with E-state index in [4.69, 9.17) is 9.52 Å². The first-order valence-electron chi connectivity index (χ1n) is 8.30. The number of imidazole rings is 1. The molecule has 0 aliphatic heterocycles. The van der Waals surface area contributed by atoms with E-state index in [-0.39, 0.29) is 5.56 Å². The molecule has 0 saturated carbocycles. The summed E-state index contributed by atoms with van der Waals surface area (Å²) >= 11 is 1.23. The van der Waals surface area contributed by atoms with Crippen molar-refractivity contribution in [2.75, 3.05) is 0 Å². The lowest BCUT2D eigenvalue weighted by molar-refractivity contribution is 0.0697. The van der Waals surface area contributed by atoms with Gasteiger partial charge in [0.15, 0.2) is 5.16 Å². The molecule has 0 spiro atoms. The molecule has 4 rings (SSSR count). The number of hydrogen-bond acceptors (Lipinski definition) is 5. The molecule has 0 amide bonds. The first kappa shape index (κ1) is 17.6. The number of fused-ring (bicyclic) bond motifs is 1. The van der Waals surface area contributed by atoms with Crippen molar-refractivity contribution in [2.24, 2.45) is 0 Å². The van der Waals surface area contributed by atoms with E-state index in [1.165, 1.54) is 23.9 Å². The lowest BCUT2D eigenvalue weighted by Crippen LogP contribution is -1.94. The summed E-state index contributed by atoms with van der Waals surface area (Å²) in [7, 11) is 0. The first-order valence-corrected chi connectivity index (χ1v) is 9.12. The van der Waals surface area contributed by atoms with E-state index in [9.17, 15) is 10.1 Å². The van der Waals surface area contributed by atoms with Crippen molar-refractivity contribution in [3.8, 4) is 17.4 Å². The van der Waals surface area contributed by atoms with Crippen LogP contribution in [0.1, 0.15) is 16.1 Å². The molecule has 0 saturated heterocycles. The molecular formula is C21H13N3O3S. The van der Waals surface area contributed by atoms with Gasteiger partial charge in [0.2, 0.25) is 0 Å². The number of thioether (sulfide) groups is 1. The number of rotatable bonds is 5. The van der Waals surface area contributed by atoms with Crippen molar-refractivity contribution in [2.45, 2.75) is 5.16 Å². The number of carboxylic acids is 1. The summed E-state index contributed by atoms with van der Waals surface area (Å²) in [5.41, 5.74) is 2.72. The second-order valence-corrected chi connectivity index (χ2v) is 6.90. The number of aromatic carboxylic acids is 1. The van der Waals surface area contributed by atoms with Gasteiger partial charge in [-0.05, 0) is 48.2 Å². The Bertz CT molecular complexity index is 1200. The minimum absolute atomic E-state index is 0.212. The van der Waals surface area contributed by atoms with Crippen LogP contribution < -0.4 is 0 Å². The summed E-state index contributed by atoms with van der Waals surface area (Å²) in [6, 6.07) is 19.8. The molecule has 136 valence electrons. The highest BCUT2D eigenvalue weighted by molar-refractivity contribution is 8.03. The zero-order chi connectivity index (χ0) is 19.5. The maximum atomic E-state index is 10.9. The van der Waals surface area contributed by atoms with Crippen LogP contribution in [0.4, 0.5) is 0 Å². The fourth-order valence-electron chi connectivity index (χ4n) is 2.66. The van der Waals surface area contributed by atoms with Gasteiger partial charge < -0.3 is 14.5 Å². The third-order valence-corrected chi connectivity index (χ3v) is 4.82. The highest BCUT2D eigenvalue weighted by Crippen LogP contribution is 2.29. The topological polar surface area (TPSA) is 103 Å². The van der Waals surface area contributed by atoms with E-state index < -0.39 is 5.97 Å². The molecule has 0 aliphatic carbocycles. The number of carboxylic acid groups (broad SMARTS) is 1. The van der Waals surface area contributed by atoms with Crippen molar-refractivity contribution < 1.29 is 14.3 Å². The molecule has 28 heavy (non-hydrogen) atoms. The number of H-pyrrole nitrogens is 1. The summed E-state index contributed by atoms with van der Waals surface area (Å²) in [5, 5.41) is 19.1. The highest BCUT2D eigenvalue weighted by Gasteiger charge is 2.09. The number of carbonyl (C=O) groups is 1. The normalized spacial score (nSPS) is 11.5. The number of nitriles is 1. The zero-order valence-electron chi connectivity index (χ0n) is 14.4. The van der Waals surface area contributed by atoms with Crippen LogP contribution in [0.25, 0.3) is 28.4 Å². The average molecular weight is 387 g/mol. The largest absolute Gasteiger partial charge is 0.478 e. The average Bonchev–Trinajstić information content (AvgIpc) is 3.34. The number of allylic oxidation sites excluding steroid dienone is 1. The molecule has 0 bridgehead atoms. The Morgan fingerprint density at radius 3 is 2.64 bits per heavy atom. The summed E-state index contributed by atoms with van der Waals surface area (Å²) < 4.78 is 5.78. The van der Waals surface area contributed by atoms with E-state index >= 15 is 0 Å². The molecule has 0 aliphatic rings. The van der Waals surface area contributed by atoms with Gasteiger partial charge in [0.25, 0.3) is 0 Å². The summed E-state index contributed by atoms with van der Waals surface area (Å²) in [4.78, 5) is 19.0. The van der Waals surface area contributed by atoms with E-state index in [1.54, 1.807) is 30.3 Å². The van der Waals surface area contributed by atoms with Gasteiger partial charge in [-0.25, -0.2) is 9.78 Å². The third-order valence-electron chi connectivity index (χ3n) is 4.00. The van der Waals surface area contributed by atoms with Gasteiger partial charge in [-0.1, -0.05) is 24.3 Å². The Labute approximate surface area is 164 Å². The van der Waals surface area contributed by atoms with Crippen LogP contribution in [0.3, 0.4) is 0 Å². The van der Waals surface area contributed by atoms with E-state index in [1.807, 2.05) is 24.3 Å². The number of furan rings is 1. The second kappa shape index (κ2) is 7.47. The molecule has 2 aromatic carbocycles. The van der Waals surface area contributed by atoms with Gasteiger partial charge in [0.1, 0.15) is 17.6 Å². The van der Waals surface area contributed by atoms with Gasteiger partial charge in [-0.3, -0.25) is 0 Å². The summed E-state index contributed by atoms with van der Waals surface area (Å²) in [6.07, 6.45) is 1.65. The maximum absolute atomic E-state index is 10.9. The minimum Gasteiger partial charge on any atom is -0.478 e. The zero-order valence-corrected chi connectivity index (χ0v) is 15.2. The number of hydrogen-bond donors (Lipinski definition) is 2. The number of benzene rings is 2. The highest BCUT2D eigenvalue weighted by atomic mass is 32.2. The van der Waals surface area contributed by atoms with Crippen LogP contribution in [-0.4, -0.2) is 21.0 Å². The fraction of sp³-hybridized carbons (Fsp3) is 0. The minimum atomic E-state index is -0.976. The molecule has 4 aromatic rings. The molecule has 2 N–H and O–H groups in total. The monoisotopic (exact) mass is 387 g/mol. The fourth-order valence-corrected chi connectivity index (χ4v) is 3.39. The van der Waals surface area contributed by atoms with E-state index in [0.29, 0.717) is 21.6 Å². The van der Waals surface area contributed by atoms with Crippen LogP contribution >= 0.6 is 11.8 Å². The number of aromatic amines is 1. The molecule has 0 radical (unpaired) electrons. The number of nitrogens with one attached hydrogen (secondary N) is 1. The third kappa shape index (κ3) is 3.68. The van der Waals surface area contributed by atoms with Crippen LogP contribution in [-0.2, 0) is 0 Å². The van der Waals surface area contributed by atoms with E-state index in [2.05, 4.69) is 16.0 Å². The van der Waals surface area contributed by atoms with Gasteiger partial charge in [0.05, 0.1) is 21.5 Å².